The molecule has 2 nitrogen and oxygen atoms in total. The second kappa shape index (κ2) is 4.24. The van der Waals surface area contributed by atoms with E-state index in [2.05, 4.69) is 0 Å². The summed E-state index contributed by atoms with van der Waals surface area (Å²) < 4.78 is 0. The van der Waals surface area contributed by atoms with Gasteiger partial charge in [0, 0.05) is 5.54 Å². The van der Waals surface area contributed by atoms with Crippen LogP contribution in [0.15, 0.2) is 0 Å². The monoisotopic (exact) mass is 173 g/mol. The van der Waals surface area contributed by atoms with Crippen molar-refractivity contribution in [2.24, 2.45) is 5.73 Å². The molecule has 12 heavy (non-hydrogen) atoms. The minimum absolute atomic E-state index is 0.406. The summed E-state index contributed by atoms with van der Waals surface area (Å²) in [6.07, 6.45) is 3.15. The third kappa shape index (κ3) is 1.80. The quantitative estimate of drug-likeness (QED) is 0.668. The van der Waals surface area contributed by atoms with Crippen molar-refractivity contribution in [2.45, 2.75) is 64.5 Å². The maximum atomic E-state index is 10.2. The second-order valence-corrected chi connectivity index (χ2v) is 3.60. The lowest BCUT2D eigenvalue weighted by atomic mass is 9.73. The van der Waals surface area contributed by atoms with Gasteiger partial charge < -0.3 is 10.8 Å². The highest BCUT2D eigenvalue weighted by Crippen LogP contribution is 2.32. The Bertz CT molecular complexity index is 110. The molecule has 0 unspecified atom stereocenters. The molecule has 0 aliphatic rings. The maximum absolute atomic E-state index is 10.2. The molecule has 3 N–H and O–H groups in total. The van der Waals surface area contributed by atoms with Gasteiger partial charge in [0.2, 0.25) is 0 Å². The van der Waals surface area contributed by atoms with Crippen molar-refractivity contribution in [2.75, 3.05) is 0 Å². The van der Waals surface area contributed by atoms with Crippen LogP contribution in [-0.4, -0.2) is 16.2 Å². The van der Waals surface area contributed by atoms with Crippen LogP contribution in [0.1, 0.15) is 53.4 Å². The van der Waals surface area contributed by atoms with Crippen molar-refractivity contribution < 1.29 is 5.11 Å². The van der Waals surface area contributed by atoms with Crippen LogP contribution in [0.3, 0.4) is 0 Å². The molecular formula is C10H23NO. The van der Waals surface area contributed by atoms with E-state index >= 15 is 0 Å². The molecule has 0 fully saturated rings. The van der Waals surface area contributed by atoms with E-state index in [9.17, 15) is 5.11 Å². The molecule has 74 valence electrons. The Morgan fingerprint density at radius 2 is 1.25 bits per heavy atom. The molecule has 0 rings (SSSR count). The predicted octanol–water partition coefficient (Wildman–Crippen LogP) is 2.05. The predicted molar refractivity (Wildman–Crippen MR) is 53.0 cm³/mol. The van der Waals surface area contributed by atoms with Gasteiger partial charge in [-0.15, -0.1) is 0 Å². The first kappa shape index (κ1) is 11.9. The summed E-state index contributed by atoms with van der Waals surface area (Å²) in [5.74, 6) is 0. The van der Waals surface area contributed by atoms with Crippen LogP contribution in [0.2, 0.25) is 0 Å². The summed E-state index contributed by atoms with van der Waals surface area (Å²) in [5, 5.41) is 10.2. The Morgan fingerprint density at radius 3 is 1.33 bits per heavy atom. The molecule has 0 heterocycles. The molecule has 0 radical (unpaired) electrons. The van der Waals surface area contributed by atoms with Gasteiger partial charge >= 0.3 is 0 Å². The Hall–Kier alpha value is -0.0800. The molecule has 2 heteroatoms. The van der Waals surface area contributed by atoms with Gasteiger partial charge in [-0.3, -0.25) is 0 Å². The van der Waals surface area contributed by atoms with E-state index in [4.69, 9.17) is 5.73 Å². The molecule has 0 spiro atoms. The van der Waals surface area contributed by atoms with Gasteiger partial charge in [-0.05, 0) is 25.7 Å². The molecule has 0 aromatic carbocycles. The van der Waals surface area contributed by atoms with Gasteiger partial charge in [-0.2, -0.15) is 0 Å². The van der Waals surface area contributed by atoms with Crippen molar-refractivity contribution in [3.63, 3.8) is 0 Å². The van der Waals surface area contributed by atoms with E-state index in [-0.39, 0.29) is 0 Å². The third-order valence-corrected chi connectivity index (χ3v) is 3.36. The smallest absolute Gasteiger partial charge is 0.0820 e. The average Bonchev–Trinajstić information content (AvgIpc) is 2.15. The topological polar surface area (TPSA) is 46.2 Å². The lowest BCUT2D eigenvalue weighted by molar-refractivity contribution is -0.0465. The molecule has 0 aromatic heterocycles. The van der Waals surface area contributed by atoms with Crippen LogP contribution in [0.4, 0.5) is 0 Å². The zero-order valence-electron chi connectivity index (χ0n) is 8.85. The highest BCUT2D eigenvalue weighted by molar-refractivity contribution is 5.00. The van der Waals surface area contributed by atoms with Gasteiger partial charge in [-0.25, -0.2) is 0 Å². The summed E-state index contributed by atoms with van der Waals surface area (Å²) in [5.41, 5.74) is 5.06. The molecule has 0 aliphatic heterocycles. The van der Waals surface area contributed by atoms with E-state index in [1.807, 2.05) is 27.7 Å². The van der Waals surface area contributed by atoms with Gasteiger partial charge in [0.1, 0.15) is 0 Å². The highest BCUT2D eigenvalue weighted by atomic mass is 16.3. The minimum Gasteiger partial charge on any atom is -0.388 e. The van der Waals surface area contributed by atoms with Crippen molar-refractivity contribution in [1.29, 1.82) is 0 Å². The molecule has 0 aromatic rings. The lowest BCUT2D eigenvalue weighted by Gasteiger charge is -2.43. The molecule has 0 amide bonds. The van der Waals surface area contributed by atoms with Gasteiger partial charge in [0.05, 0.1) is 5.60 Å². The van der Waals surface area contributed by atoms with E-state index < -0.39 is 11.1 Å². The Balaban J connectivity index is 4.66. The summed E-state index contributed by atoms with van der Waals surface area (Å²) in [6.45, 7) is 8.08. The number of aliphatic hydroxyl groups is 1. The summed E-state index contributed by atoms with van der Waals surface area (Å²) in [4.78, 5) is 0. The van der Waals surface area contributed by atoms with Crippen LogP contribution in [0.25, 0.3) is 0 Å². The fraction of sp³-hybridized carbons (Fsp3) is 1.00. The molecule has 0 saturated heterocycles. The maximum Gasteiger partial charge on any atom is 0.0820 e. The van der Waals surface area contributed by atoms with Crippen molar-refractivity contribution in [3.05, 3.63) is 0 Å². The largest absolute Gasteiger partial charge is 0.388 e. The molecule has 0 atom stereocenters. The van der Waals surface area contributed by atoms with Gasteiger partial charge in [-0.1, -0.05) is 27.7 Å². The zero-order chi connectivity index (χ0) is 9.83. The van der Waals surface area contributed by atoms with E-state index in [1.165, 1.54) is 0 Å². The molecular weight excluding hydrogens is 150 g/mol. The van der Waals surface area contributed by atoms with Crippen molar-refractivity contribution in [3.8, 4) is 0 Å². The third-order valence-electron chi connectivity index (χ3n) is 3.36. The van der Waals surface area contributed by atoms with Crippen molar-refractivity contribution in [1.82, 2.24) is 0 Å². The van der Waals surface area contributed by atoms with Gasteiger partial charge in [0.15, 0.2) is 0 Å². The standard InChI is InChI=1S/C10H23NO/c1-5-9(11,6-2)10(12,7-3)8-4/h12H,5-8,11H2,1-4H3. The molecule has 0 saturated carbocycles. The Morgan fingerprint density at radius 1 is 0.917 bits per heavy atom. The zero-order valence-corrected chi connectivity index (χ0v) is 8.85. The number of hydrogen-bond donors (Lipinski definition) is 2. The highest BCUT2D eigenvalue weighted by Gasteiger charge is 2.41. The lowest BCUT2D eigenvalue weighted by Crippen LogP contribution is -2.59. The van der Waals surface area contributed by atoms with Crippen LogP contribution in [0, 0.1) is 0 Å². The van der Waals surface area contributed by atoms with E-state index in [0.717, 1.165) is 25.7 Å². The second-order valence-electron chi connectivity index (χ2n) is 3.60. The normalized spacial score (nSPS) is 13.5. The van der Waals surface area contributed by atoms with Gasteiger partial charge in [0.25, 0.3) is 0 Å². The SMILES string of the molecule is CCC(N)(CC)C(O)(CC)CC. The number of nitrogens with two attached hydrogens (primary N) is 1. The van der Waals surface area contributed by atoms with Crippen LogP contribution in [0.5, 0.6) is 0 Å². The fourth-order valence-electron chi connectivity index (χ4n) is 1.86. The number of rotatable bonds is 5. The minimum atomic E-state index is -0.684. The summed E-state index contributed by atoms with van der Waals surface area (Å²) in [7, 11) is 0. The summed E-state index contributed by atoms with van der Waals surface area (Å²) >= 11 is 0. The van der Waals surface area contributed by atoms with Crippen LogP contribution in [-0.2, 0) is 0 Å². The molecule has 0 aliphatic carbocycles. The molecule has 0 bridgehead atoms. The first-order valence-corrected chi connectivity index (χ1v) is 5.00. The Kier molecular flexibility index (Phi) is 4.21. The van der Waals surface area contributed by atoms with Crippen LogP contribution < -0.4 is 5.73 Å². The first-order chi connectivity index (χ1) is 5.49. The number of hydrogen-bond acceptors (Lipinski definition) is 2. The van der Waals surface area contributed by atoms with E-state index in [1.54, 1.807) is 0 Å². The first-order valence-electron chi connectivity index (χ1n) is 5.00. The van der Waals surface area contributed by atoms with E-state index in [0.29, 0.717) is 0 Å². The van der Waals surface area contributed by atoms with Crippen LogP contribution >= 0.6 is 0 Å². The average molecular weight is 173 g/mol. The summed E-state index contributed by atoms with van der Waals surface area (Å²) in [6, 6.07) is 0. The fourth-order valence-corrected chi connectivity index (χ4v) is 1.86. The Labute approximate surface area is 76.2 Å². The van der Waals surface area contributed by atoms with Crippen molar-refractivity contribution >= 4 is 0 Å².